The van der Waals surface area contributed by atoms with Gasteiger partial charge in [0.15, 0.2) is 5.60 Å². The van der Waals surface area contributed by atoms with Crippen molar-refractivity contribution in [3.05, 3.63) is 108 Å². The lowest BCUT2D eigenvalue weighted by atomic mass is 9.83. The van der Waals surface area contributed by atoms with Crippen molar-refractivity contribution in [3.63, 3.8) is 0 Å². The number of carbonyl (C=O) groups excluding carboxylic acids is 1. The fourth-order valence-electron chi connectivity index (χ4n) is 3.82. The number of aliphatic hydroxyl groups is 1. The maximum absolute atomic E-state index is 13.5. The van der Waals surface area contributed by atoms with Gasteiger partial charge >= 0.3 is 0 Å². The van der Waals surface area contributed by atoms with Gasteiger partial charge in [0.05, 0.1) is 12.2 Å². The highest BCUT2D eigenvalue weighted by molar-refractivity contribution is 6.14. The Morgan fingerprint density at radius 1 is 0.926 bits per heavy atom. The third-order valence-electron chi connectivity index (χ3n) is 5.09. The van der Waals surface area contributed by atoms with Crippen LogP contribution in [-0.2, 0) is 16.9 Å². The zero-order valence-corrected chi connectivity index (χ0v) is 15.2. The Morgan fingerprint density at radius 3 is 2.19 bits per heavy atom. The maximum atomic E-state index is 13.5. The molecule has 0 fully saturated rings. The fourth-order valence-corrected chi connectivity index (χ4v) is 3.82. The SMILES string of the molecule is C/C=C(\c1ccccc1)C1(O)C(=O)N(Cc2ccccc2)c2ccccc21. The molecule has 0 bridgehead atoms. The summed E-state index contributed by atoms with van der Waals surface area (Å²) in [5, 5.41) is 11.7. The standard InChI is InChI=1S/C24H21NO2/c1-2-20(19-13-7-4-8-14-19)24(27)21-15-9-10-16-22(21)25(23(24)26)17-18-11-5-3-6-12-18/h2-16,27H,17H2,1H3/b20-2+. The molecule has 3 aromatic rings. The van der Waals surface area contributed by atoms with Crippen molar-refractivity contribution in [1.29, 1.82) is 0 Å². The molecule has 1 unspecified atom stereocenters. The topological polar surface area (TPSA) is 40.5 Å². The molecule has 0 spiro atoms. The van der Waals surface area contributed by atoms with Gasteiger partial charge in [0, 0.05) is 11.1 Å². The van der Waals surface area contributed by atoms with Gasteiger partial charge in [-0.1, -0.05) is 84.9 Å². The van der Waals surface area contributed by atoms with Crippen LogP contribution in [0.3, 0.4) is 0 Å². The summed E-state index contributed by atoms with van der Waals surface area (Å²) < 4.78 is 0. The quantitative estimate of drug-likeness (QED) is 0.747. The Kier molecular flexibility index (Phi) is 4.38. The van der Waals surface area contributed by atoms with Crippen molar-refractivity contribution in [2.75, 3.05) is 4.90 Å². The van der Waals surface area contributed by atoms with E-state index in [0.717, 1.165) is 16.8 Å². The van der Waals surface area contributed by atoms with E-state index in [1.165, 1.54) is 0 Å². The Balaban J connectivity index is 1.83. The molecule has 1 N–H and O–H groups in total. The van der Waals surface area contributed by atoms with Gasteiger partial charge in [0.25, 0.3) is 5.91 Å². The molecule has 3 heteroatoms. The molecule has 3 aromatic carbocycles. The molecule has 0 radical (unpaired) electrons. The van der Waals surface area contributed by atoms with Gasteiger partial charge in [-0.2, -0.15) is 0 Å². The van der Waals surface area contributed by atoms with E-state index in [4.69, 9.17) is 0 Å². The highest BCUT2D eigenvalue weighted by Gasteiger charge is 2.52. The average molecular weight is 355 g/mol. The Hall–Kier alpha value is -3.17. The second-order valence-electron chi connectivity index (χ2n) is 6.67. The monoisotopic (exact) mass is 355 g/mol. The molecule has 1 heterocycles. The summed E-state index contributed by atoms with van der Waals surface area (Å²) >= 11 is 0. The van der Waals surface area contributed by atoms with Crippen LogP contribution >= 0.6 is 0 Å². The van der Waals surface area contributed by atoms with Crippen molar-refractivity contribution in [1.82, 2.24) is 0 Å². The molecule has 1 aliphatic rings. The molecule has 1 aliphatic heterocycles. The average Bonchev–Trinajstić information content (AvgIpc) is 2.93. The maximum Gasteiger partial charge on any atom is 0.268 e. The Morgan fingerprint density at radius 2 is 1.52 bits per heavy atom. The lowest BCUT2D eigenvalue weighted by molar-refractivity contribution is -0.130. The Bertz CT molecular complexity index is 995. The van der Waals surface area contributed by atoms with Gasteiger partial charge in [0.1, 0.15) is 0 Å². The van der Waals surface area contributed by atoms with Gasteiger partial charge < -0.3 is 10.0 Å². The number of hydrogen-bond acceptors (Lipinski definition) is 2. The van der Waals surface area contributed by atoms with Crippen molar-refractivity contribution in [3.8, 4) is 0 Å². The number of allylic oxidation sites excluding steroid dienone is 1. The number of rotatable bonds is 4. The minimum absolute atomic E-state index is 0.315. The summed E-state index contributed by atoms with van der Waals surface area (Å²) in [4.78, 5) is 15.2. The van der Waals surface area contributed by atoms with Crippen LogP contribution in [0.25, 0.3) is 5.57 Å². The minimum atomic E-state index is -1.69. The van der Waals surface area contributed by atoms with Crippen molar-refractivity contribution in [2.24, 2.45) is 0 Å². The van der Waals surface area contributed by atoms with Crippen LogP contribution in [0, 0.1) is 0 Å². The number of nitrogens with zero attached hydrogens (tertiary/aromatic N) is 1. The second-order valence-corrected chi connectivity index (χ2v) is 6.67. The number of para-hydroxylation sites is 1. The van der Waals surface area contributed by atoms with E-state index in [1.54, 1.807) is 4.90 Å². The van der Waals surface area contributed by atoms with Crippen molar-refractivity contribution < 1.29 is 9.90 Å². The summed E-state index contributed by atoms with van der Waals surface area (Å²) in [5.41, 5.74) is 2.16. The van der Waals surface area contributed by atoms with Crippen LogP contribution in [0.1, 0.15) is 23.6 Å². The molecule has 3 nitrogen and oxygen atoms in total. The van der Waals surface area contributed by atoms with Gasteiger partial charge in [-0.15, -0.1) is 0 Å². The highest BCUT2D eigenvalue weighted by Crippen LogP contribution is 2.48. The number of amides is 1. The molecule has 4 rings (SSSR count). The molecular formula is C24H21NO2. The van der Waals surface area contributed by atoms with E-state index in [9.17, 15) is 9.90 Å². The number of benzene rings is 3. The molecule has 134 valence electrons. The number of hydrogen-bond donors (Lipinski definition) is 1. The summed E-state index contributed by atoms with van der Waals surface area (Å²) in [5.74, 6) is -0.315. The highest BCUT2D eigenvalue weighted by atomic mass is 16.3. The Labute approximate surface area is 159 Å². The molecule has 1 atom stereocenters. The zero-order chi connectivity index (χ0) is 18.9. The number of carbonyl (C=O) groups is 1. The minimum Gasteiger partial charge on any atom is -0.372 e. The van der Waals surface area contributed by atoms with E-state index < -0.39 is 5.60 Å². The van der Waals surface area contributed by atoms with Gasteiger partial charge in [-0.05, 0) is 24.1 Å². The van der Waals surface area contributed by atoms with E-state index >= 15 is 0 Å². The summed E-state index contributed by atoms with van der Waals surface area (Å²) in [6, 6.07) is 26.9. The smallest absolute Gasteiger partial charge is 0.268 e. The third kappa shape index (κ3) is 2.77. The van der Waals surface area contributed by atoms with Crippen LogP contribution in [0.5, 0.6) is 0 Å². The van der Waals surface area contributed by atoms with Gasteiger partial charge in [0.2, 0.25) is 0 Å². The normalized spacial score (nSPS) is 19.3. The van der Waals surface area contributed by atoms with Crippen LogP contribution in [0.4, 0.5) is 5.69 Å². The van der Waals surface area contributed by atoms with Crippen LogP contribution in [0.15, 0.2) is 91.0 Å². The molecule has 0 aliphatic carbocycles. The van der Waals surface area contributed by atoms with Gasteiger partial charge in [-0.25, -0.2) is 0 Å². The van der Waals surface area contributed by atoms with Gasteiger partial charge in [-0.3, -0.25) is 4.79 Å². The molecule has 0 aromatic heterocycles. The fraction of sp³-hybridized carbons (Fsp3) is 0.125. The number of fused-ring (bicyclic) bond motifs is 1. The second kappa shape index (κ2) is 6.86. The van der Waals surface area contributed by atoms with Crippen LogP contribution < -0.4 is 4.90 Å². The molecule has 1 amide bonds. The van der Waals surface area contributed by atoms with Crippen LogP contribution in [-0.4, -0.2) is 11.0 Å². The molecule has 0 saturated carbocycles. The summed E-state index contributed by atoms with van der Waals surface area (Å²) in [6.07, 6.45) is 1.83. The van der Waals surface area contributed by atoms with E-state index in [2.05, 4.69) is 0 Å². The zero-order valence-electron chi connectivity index (χ0n) is 15.2. The van der Waals surface area contributed by atoms with Crippen molar-refractivity contribution >= 4 is 17.2 Å². The molecule has 27 heavy (non-hydrogen) atoms. The lowest BCUT2D eigenvalue weighted by Crippen LogP contribution is -2.41. The first-order chi connectivity index (χ1) is 13.2. The third-order valence-corrected chi connectivity index (χ3v) is 5.09. The molecular weight excluding hydrogens is 334 g/mol. The van der Waals surface area contributed by atoms with E-state index in [1.807, 2.05) is 97.9 Å². The first-order valence-corrected chi connectivity index (χ1v) is 9.06. The predicted molar refractivity (Wildman–Crippen MR) is 108 cm³/mol. The van der Waals surface area contributed by atoms with E-state index in [0.29, 0.717) is 17.7 Å². The summed E-state index contributed by atoms with van der Waals surface area (Å²) in [6.45, 7) is 2.28. The molecule has 0 saturated heterocycles. The first kappa shape index (κ1) is 17.3. The van der Waals surface area contributed by atoms with Crippen molar-refractivity contribution in [2.45, 2.75) is 19.1 Å². The number of anilines is 1. The predicted octanol–water partition coefficient (Wildman–Crippen LogP) is 4.52. The largest absolute Gasteiger partial charge is 0.372 e. The van der Waals surface area contributed by atoms with Crippen LogP contribution in [0.2, 0.25) is 0 Å². The summed E-state index contributed by atoms with van der Waals surface area (Å²) in [7, 11) is 0. The first-order valence-electron chi connectivity index (χ1n) is 9.06. The lowest BCUT2D eigenvalue weighted by Gasteiger charge is -2.26. The van der Waals surface area contributed by atoms with E-state index in [-0.39, 0.29) is 5.91 Å².